The number of aliphatic hydroxyl groups excluding tert-OH is 1. The minimum atomic E-state index is 0.237. The average molecular weight is 327 g/mol. The van der Waals surface area contributed by atoms with Gasteiger partial charge in [0.15, 0.2) is 11.5 Å². The normalized spacial score (nSPS) is 16.6. The number of para-hydroxylation sites is 1. The van der Waals surface area contributed by atoms with E-state index in [1.807, 2.05) is 12.1 Å². The predicted octanol–water partition coefficient (Wildman–Crippen LogP) is 2.92. The van der Waals surface area contributed by atoms with Gasteiger partial charge in [-0.1, -0.05) is 24.3 Å². The summed E-state index contributed by atoms with van der Waals surface area (Å²) in [5.74, 6) is 1.83. The highest BCUT2D eigenvalue weighted by Gasteiger charge is 2.23. The SMILES string of the molecule is COc1ccc(CCN2CC(CO)Cc3ccccc32)cc1OC. The summed E-state index contributed by atoms with van der Waals surface area (Å²) in [4.78, 5) is 2.39. The fraction of sp³-hybridized carbons (Fsp3) is 0.400. The monoisotopic (exact) mass is 327 g/mol. The van der Waals surface area contributed by atoms with E-state index in [1.165, 1.54) is 16.8 Å². The van der Waals surface area contributed by atoms with E-state index < -0.39 is 0 Å². The molecule has 0 fully saturated rings. The van der Waals surface area contributed by atoms with Gasteiger partial charge in [-0.15, -0.1) is 0 Å². The number of fused-ring (bicyclic) bond motifs is 1. The lowest BCUT2D eigenvalue weighted by molar-refractivity contribution is 0.224. The van der Waals surface area contributed by atoms with Gasteiger partial charge < -0.3 is 19.5 Å². The summed E-state index contributed by atoms with van der Waals surface area (Å²) in [5.41, 5.74) is 3.84. The molecule has 1 aliphatic rings. The van der Waals surface area contributed by atoms with Gasteiger partial charge in [-0.05, 0) is 42.2 Å². The Bertz CT molecular complexity index is 686. The van der Waals surface area contributed by atoms with Gasteiger partial charge in [0.25, 0.3) is 0 Å². The average Bonchev–Trinajstić information content (AvgIpc) is 2.65. The van der Waals surface area contributed by atoms with Crippen LogP contribution in [0.15, 0.2) is 42.5 Å². The van der Waals surface area contributed by atoms with Gasteiger partial charge in [-0.2, -0.15) is 0 Å². The molecular formula is C20H25NO3. The third-order valence-electron chi connectivity index (χ3n) is 4.70. The zero-order valence-electron chi connectivity index (χ0n) is 14.4. The van der Waals surface area contributed by atoms with E-state index in [0.717, 1.165) is 37.4 Å². The molecule has 3 rings (SSSR count). The van der Waals surface area contributed by atoms with Gasteiger partial charge in [-0.3, -0.25) is 0 Å². The molecule has 2 aromatic carbocycles. The van der Waals surface area contributed by atoms with Gasteiger partial charge >= 0.3 is 0 Å². The second-order valence-corrected chi connectivity index (χ2v) is 6.27. The molecule has 24 heavy (non-hydrogen) atoms. The third kappa shape index (κ3) is 3.49. The molecule has 0 radical (unpaired) electrons. The van der Waals surface area contributed by atoms with Crippen molar-refractivity contribution in [1.29, 1.82) is 0 Å². The second-order valence-electron chi connectivity index (χ2n) is 6.27. The highest BCUT2D eigenvalue weighted by molar-refractivity contribution is 5.56. The highest BCUT2D eigenvalue weighted by atomic mass is 16.5. The fourth-order valence-corrected chi connectivity index (χ4v) is 3.41. The number of rotatable bonds is 6. The van der Waals surface area contributed by atoms with Crippen molar-refractivity contribution in [3.05, 3.63) is 53.6 Å². The lowest BCUT2D eigenvalue weighted by atomic mass is 9.92. The Hall–Kier alpha value is -2.20. The lowest BCUT2D eigenvalue weighted by Gasteiger charge is -2.35. The Kier molecular flexibility index (Phi) is 5.26. The van der Waals surface area contributed by atoms with E-state index in [4.69, 9.17) is 9.47 Å². The van der Waals surface area contributed by atoms with Gasteiger partial charge in [0.05, 0.1) is 14.2 Å². The van der Waals surface area contributed by atoms with Gasteiger partial charge in [0, 0.05) is 31.3 Å². The van der Waals surface area contributed by atoms with E-state index in [2.05, 4.69) is 35.2 Å². The van der Waals surface area contributed by atoms with Crippen molar-refractivity contribution in [2.45, 2.75) is 12.8 Å². The molecule has 0 saturated carbocycles. The second kappa shape index (κ2) is 7.58. The van der Waals surface area contributed by atoms with Crippen LogP contribution in [0, 0.1) is 5.92 Å². The van der Waals surface area contributed by atoms with Crippen LogP contribution in [0.2, 0.25) is 0 Å². The Balaban J connectivity index is 1.74. The first-order valence-corrected chi connectivity index (χ1v) is 8.39. The topological polar surface area (TPSA) is 41.9 Å². The summed E-state index contributed by atoms with van der Waals surface area (Å²) < 4.78 is 10.7. The number of benzene rings is 2. The molecule has 1 unspecified atom stereocenters. The Morgan fingerprint density at radius 1 is 1.08 bits per heavy atom. The molecule has 4 nitrogen and oxygen atoms in total. The molecule has 1 heterocycles. The number of nitrogens with zero attached hydrogens (tertiary/aromatic N) is 1. The van der Waals surface area contributed by atoms with Crippen LogP contribution in [0.3, 0.4) is 0 Å². The number of hydrogen-bond acceptors (Lipinski definition) is 4. The minimum Gasteiger partial charge on any atom is -0.493 e. The first-order valence-electron chi connectivity index (χ1n) is 8.39. The van der Waals surface area contributed by atoms with Gasteiger partial charge in [0.1, 0.15) is 0 Å². The standard InChI is InChI=1S/C20H25NO3/c1-23-19-8-7-15(12-20(19)24-2)9-10-21-13-16(14-22)11-17-5-3-4-6-18(17)21/h3-8,12,16,22H,9-11,13-14H2,1-2H3. The Morgan fingerprint density at radius 2 is 1.88 bits per heavy atom. The molecule has 1 N–H and O–H groups in total. The molecule has 128 valence electrons. The molecule has 1 aliphatic heterocycles. The molecule has 0 saturated heterocycles. The van der Waals surface area contributed by atoms with E-state index in [1.54, 1.807) is 14.2 Å². The molecule has 2 aromatic rings. The number of hydrogen-bond donors (Lipinski definition) is 1. The Morgan fingerprint density at radius 3 is 2.62 bits per heavy atom. The van der Waals surface area contributed by atoms with E-state index >= 15 is 0 Å². The molecule has 0 aliphatic carbocycles. The van der Waals surface area contributed by atoms with Crippen LogP contribution in [-0.4, -0.2) is 39.0 Å². The van der Waals surface area contributed by atoms with Crippen molar-refractivity contribution >= 4 is 5.69 Å². The van der Waals surface area contributed by atoms with E-state index in [-0.39, 0.29) is 6.61 Å². The van der Waals surface area contributed by atoms with Crippen molar-refractivity contribution in [3.63, 3.8) is 0 Å². The summed E-state index contributed by atoms with van der Waals surface area (Å²) in [7, 11) is 3.31. The van der Waals surface area contributed by atoms with Crippen LogP contribution < -0.4 is 14.4 Å². The smallest absolute Gasteiger partial charge is 0.160 e. The molecular weight excluding hydrogens is 302 g/mol. The van der Waals surface area contributed by atoms with Crippen molar-refractivity contribution in [2.24, 2.45) is 5.92 Å². The lowest BCUT2D eigenvalue weighted by Crippen LogP contribution is -2.38. The summed E-state index contributed by atoms with van der Waals surface area (Å²) in [6.07, 6.45) is 1.88. The van der Waals surface area contributed by atoms with Crippen LogP contribution in [0.25, 0.3) is 0 Å². The molecule has 1 atom stereocenters. The largest absolute Gasteiger partial charge is 0.493 e. The van der Waals surface area contributed by atoms with Crippen molar-refractivity contribution in [3.8, 4) is 11.5 Å². The van der Waals surface area contributed by atoms with Crippen molar-refractivity contribution in [1.82, 2.24) is 0 Å². The van der Waals surface area contributed by atoms with Crippen LogP contribution in [0.1, 0.15) is 11.1 Å². The summed E-state index contributed by atoms with van der Waals surface area (Å²) in [5, 5.41) is 9.59. The van der Waals surface area contributed by atoms with E-state index in [9.17, 15) is 5.11 Å². The quantitative estimate of drug-likeness (QED) is 0.886. The van der Waals surface area contributed by atoms with Crippen LogP contribution >= 0.6 is 0 Å². The van der Waals surface area contributed by atoms with Crippen LogP contribution in [0.4, 0.5) is 5.69 Å². The number of anilines is 1. The fourth-order valence-electron chi connectivity index (χ4n) is 3.41. The zero-order chi connectivity index (χ0) is 16.9. The highest BCUT2D eigenvalue weighted by Crippen LogP contribution is 2.31. The maximum absolute atomic E-state index is 9.59. The molecule has 4 heteroatoms. The van der Waals surface area contributed by atoms with Crippen molar-refractivity contribution in [2.75, 3.05) is 38.8 Å². The summed E-state index contributed by atoms with van der Waals surface area (Å²) >= 11 is 0. The number of ether oxygens (including phenoxy) is 2. The van der Waals surface area contributed by atoms with E-state index in [0.29, 0.717) is 5.92 Å². The van der Waals surface area contributed by atoms with Crippen LogP contribution in [-0.2, 0) is 12.8 Å². The zero-order valence-corrected chi connectivity index (χ0v) is 14.4. The molecule has 0 aromatic heterocycles. The first kappa shape index (κ1) is 16.7. The molecule has 0 bridgehead atoms. The molecule has 0 spiro atoms. The van der Waals surface area contributed by atoms with Gasteiger partial charge in [0.2, 0.25) is 0 Å². The number of aliphatic hydroxyl groups is 1. The summed E-state index contributed by atoms with van der Waals surface area (Å²) in [6, 6.07) is 14.6. The maximum atomic E-state index is 9.59. The first-order chi connectivity index (χ1) is 11.7. The summed E-state index contributed by atoms with van der Waals surface area (Å²) in [6.45, 7) is 2.06. The number of methoxy groups -OCH3 is 2. The third-order valence-corrected chi connectivity index (χ3v) is 4.70. The predicted molar refractivity (Wildman–Crippen MR) is 96.2 cm³/mol. The van der Waals surface area contributed by atoms with Crippen molar-refractivity contribution < 1.29 is 14.6 Å². The molecule has 0 amide bonds. The van der Waals surface area contributed by atoms with Gasteiger partial charge in [-0.25, -0.2) is 0 Å². The Labute approximate surface area is 143 Å². The maximum Gasteiger partial charge on any atom is 0.160 e. The minimum absolute atomic E-state index is 0.237. The van der Waals surface area contributed by atoms with Crippen LogP contribution in [0.5, 0.6) is 11.5 Å².